The number of benzene rings is 2. The fraction of sp³-hybridized carbons (Fsp3) is 0.286. The first-order chi connectivity index (χ1) is 11.3. The highest BCUT2D eigenvalue weighted by Crippen LogP contribution is 2.26. The SMILES string of the molecule is CC(=O)c1ccc(C(C)C(=O)C(C)c2ccc(C(C)=O)cc2)cc1. The van der Waals surface area contributed by atoms with Crippen molar-refractivity contribution in [3.63, 3.8) is 0 Å². The third-order valence-electron chi connectivity index (χ3n) is 4.49. The Morgan fingerprint density at radius 2 is 0.917 bits per heavy atom. The minimum Gasteiger partial charge on any atom is -0.298 e. The largest absolute Gasteiger partial charge is 0.298 e. The highest BCUT2D eigenvalue weighted by Gasteiger charge is 2.23. The summed E-state index contributed by atoms with van der Waals surface area (Å²) < 4.78 is 0. The van der Waals surface area contributed by atoms with E-state index in [9.17, 15) is 14.4 Å². The molecule has 0 radical (unpaired) electrons. The lowest BCUT2D eigenvalue weighted by molar-refractivity contribution is -0.121. The van der Waals surface area contributed by atoms with Gasteiger partial charge in [-0.05, 0) is 25.0 Å². The van der Waals surface area contributed by atoms with Gasteiger partial charge in [0, 0.05) is 23.0 Å². The zero-order chi connectivity index (χ0) is 17.9. The topological polar surface area (TPSA) is 51.2 Å². The van der Waals surface area contributed by atoms with Gasteiger partial charge < -0.3 is 0 Å². The number of rotatable bonds is 6. The summed E-state index contributed by atoms with van der Waals surface area (Å²) in [6, 6.07) is 14.4. The van der Waals surface area contributed by atoms with E-state index in [1.165, 1.54) is 13.8 Å². The number of carbonyl (C=O) groups excluding carboxylic acids is 3. The van der Waals surface area contributed by atoms with Crippen LogP contribution >= 0.6 is 0 Å². The number of hydrogen-bond donors (Lipinski definition) is 0. The number of hydrogen-bond acceptors (Lipinski definition) is 3. The monoisotopic (exact) mass is 322 g/mol. The van der Waals surface area contributed by atoms with E-state index in [0.717, 1.165) is 11.1 Å². The Labute approximate surface area is 142 Å². The minimum atomic E-state index is -0.256. The van der Waals surface area contributed by atoms with Gasteiger partial charge in [0.2, 0.25) is 0 Å². The Balaban J connectivity index is 2.16. The van der Waals surface area contributed by atoms with Crippen LogP contribution in [0.1, 0.15) is 71.4 Å². The lowest BCUT2D eigenvalue weighted by atomic mass is 9.85. The van der Waals surface area contributed by atoms with Crippen molar-refractivity contribution in [2.45, 2.75) is 39.5 Å². The molecule has 3 nitrogen and oxygen atoms in total. The second-order valence-electron chi connectivity index (χ2n) is 6.20. The van der Waals surface area contributed by atoms with Crippen LogP contribution in [0, 0.1) is 0 Å². The molecule has 2 atom stereocenters. The highest BCUT2D eigenvalue weighted by atomic mass is 16.1. The van der Waals surface area contributed by atoms with Crippen molar-refractivity contribution in [3.05, 3.63) is 70.8 Å². The van der Waals surface area contributed by atoms with Crippen LogP contribution in [0.15, 0.2) is 48.5 Å². The summed E-state index contributed by atoms with van der Waals surface area (Å²) in [7, 11) is 0. The van der Waals surface area contributed by atoms with Crippen LogP contribution in [0.5, 0.6) is 0 Å². The fourth-order valence-corrected chi connectivity index (χ4v) is 2.72. The van der Waals surface area contributed by atoms with Crippen molar-refractivity contribution in [2.75, 3.05) is 0 Å². The van der Waals surface area contributed by atoms with Gasteiger partial charge >= 0.3 is 0 Å². The molecular weight excluding hydrogens is 300 g/mol. The van der Waals surface area contributed by atoms with E-state index in [1.54, 1.807) is 24.3 Å². The van der Waals surface area contributed by atoms with Gasteiger partial charge in [0.15, 0.2) is 11.6 Å². The Kier molecular flexibility index (Phi) is 5.45. The van der Waals surface area contributed by atoms with Crippen LogP contribution in [0.25, 0.3) is 0 Å². The lowest BCUT2D eigenvalue weighted by Gasteiger charge is -2.17. The summed E-state index contributed by atoms with van der Waals surface area (Å²) in [4.78, 5) is 35.4. The van der Waals surface area contributed by atoms with Gasteiger partial charge in [0.25, 0.3) is 0 Å². The van der Waals surface area contributed by atoms with Crippen LogP contribution in [0.4, 0.5) is 0 Å². The zero-order valence-electron chi connectivity index (χ0n) is 14.5. The maximum atomic E-state index is 12.7. The van der Waals surface area contributed by atoms with Crippen LogP contribution in [-0.4, -0.2) is 17.3 Å². The van der Waals surface area contributed by atoms with Crippen molar-refractivity contribution < 1.29 is 14.4 Å². The van der Waals surface area contributed by atoms with Gasteiger partial charge in [-0.3, -0.25) is 14.4 Å². The number of ketones is 3. The maximum Gasteiger partial charge on any atom is 0.159 e. The van der Waals surface area contributed by atoms with Crippen LogP contribution < -0.4 is 0 Å². The molecule has 0 aromatic heterocycles. The molecule has 2 aromatic rings. The summed E-state index contributed by atoms with van der Waals surface area (Å²) in [6.45, 7) is 6.81. The third kappa shape index (κ3) is 3.85. The van der Waals surface area contributed by atoms with E-state index in [0.29, 0.717) is 11.1 Å². The van der Waals surface area contributed by atoms with Gasteiger partial charge in [-0.25, -0.2) is 0 Å². The van der Waals surface area contributed by atoms with E-state index in [1.807, 2.05) is 38.1 Å². The van der Waals surface area contributed by atoms with Gasteiger partial charge in [-0.2, -0.15) is 0 Å². The van der Waals surface area contributed by atoms with E-state index < -0.39 is 0 Å². The molecular formula is C21H22O3. The lowest BCUT2D eigenvalue weighted by Crippen LogP contribution is -2.16. The molecule has 3 heteroatoms. The maximum absolute atomic E-state index is 12.7. The molecule has 2 unspecified atom stereocenters. The van der Waals surface area contributed by atoms with Gasteiger partial charge in [0.1, 0.15) is 5.78 Å². The average Bonchev–Trinajstić information content (AvgIpc) is 2.60. The molecule has 2 aromatic carbocycles. The molecule has 0 N–H and O–H groups in total. The van der Waals surface area contributed by atoms with Crippen LogP contribution in [-0.2, 0) is 4.79 Å². The summed E-state index contributed by atoms with van der Waals surface area (Å²) in [6.07, 6.45) is 0. The Bertz CT molecular complexity index is 689. The number of carbonyl (C=O) groups is 3. The number of Topliss-reactive ketones (excluding diaryl/α,β-unsaturated/α-hetero) is 3. The predicted octanol–water partition coefficient (Wildman–Crippen LogP) is 4.57. The van der Waals surface area contributed by atoms with Crippen molar-refractivity contribution in [1.29, 1.82) is 0 Å². The predicted molar refractivity (Wildman–Crippen MR) is 94.7 cm³/mol. The Hall–Kier alpha value is -2.55. The Morgan fingerprint density at radius 1 is 0.625 bits per heavy atom. The van der Waals surface area contributed by atoms with E-state index in [4.69, 9.17) is 0 Å². The van der Waals surface area contributed by atoms with Crippen molar-refractivity contribution in [3.8, 4) is 0 Å². The summed E-state index contributed by atoms with van der Waals surface area (Å²) in [5, 5.41) is 0. The summed E-state index contributed by atoms with van der Waals surface area (Å²) >= 11 is 0. The molecule has 0 heterocycles. The zero-order valence-corrected chi connectivity index (χ0v) is 14.5. The van der Waals surface area contributed by atoms with Crippen molar-refractivity contribution >= 4 is 17.3 Å². The fourth-order valence-electron chi connectivity index (χ4n) is 2.72. The van der Waals surface area contributed by atoms with Gasteiger partial charge in [-0.1, -0.05) is 62.4 Å². The van der Waals surface area contributed by atoms with Gasteiger partial charge in [0.05, 0.1) is 0 Å². The Morgan fingerprint density at radius 3 is 1.17 bits per heavy atom. The molecule has 0 amide bonds. The molecule has 0 saturated heterocycles. The molecule has 0 aliphatic rings. The first-order valence-corrected chi connectivity index (χ1v) is 8.06. The van der Waals surface area contributed by atoms with E-state index in [-0.39, 0.29) is 29.2 Å². The van der Waals surface area contributed by atoms with Crippen LogP contribution in [0.2, 0.25) is 0 Å². The quantitative estimate of drug-likeness (QED) is 0.732. The highest BCUT2D eigenvalue weighted by molar-refractivity contribution is 5.95. The normalized spacial score (nSPS) is 13.2. The first-order valence-electron chi connectivity index (χ1n) is 8.06. The average molecular weight is 322 g/mol. The van der Waals surface area contributed by atoms with Crippen molar-refractivity contribution in [1.82, 2.24) is 0 Å². The van der Waals surface area contributed by atoms with Crippen molar-refractivity contribution in [2.24, 2.45) is 0 Å². The molecule has 0 spiro atoms. The van der Waals surface area contributed by atoms with E-state index >= 15 is 0 Å². The molecule has 124 valence electrons. The summed E-state index contributed by atoms with van der Waals surface area (Å²) in [5.41, 5.74) is 3.09. The molecule has 2 rings (SSSR count). The minimum absolute atomic E-state index is 0.0134. The first kappa shape index (κ1) is 17.8. The molecule has 24 heavy (non-hydrogen) atoms. The molecule has 0 aliphatic carbocycles. The molecule has 0 bridgehead atoms. The van der Waals surface area contributed by atoms with Gasteiger partial charge in [-0.15, -0.1) is 0 Å². The smallest absolute Gasteiger partial charge is 0.159 e. The second-order valence-corrected chi connectivity index (χ2v) is 6.20. The molecule has 0 aliphatic heterocycles. The second kappa shape index (κ2) is 7.35. The summed E-state index contributed by atoms with van der Waals surface area (Å²) in [5.74, 6) is -0.373. The third-order valence-corrected chi connectivity index (χ3v) is 4.49. The molecule has 0 saturated carbocycles. The molecule has 0 fully saturated rings. The standard InChI is InChI=1S/C21H22O3/c1-13(17-5-9-19(10-6-17)15(3)22)21(24)14(2)18-7-11-20(12-8-18)16(4)23/h5-14H,1-4H3. The van der Waals surface area contributed by atoms with E-state index in [2.05, 4.69) is 0 Å². The van der Waals surface area contributed by atoms with Crippen LogP contribution in [0.3, 0.4) is 0 Å².